The van der Waals surface area contributed by atoms with Crippen LogP contribution in [0.15, 0.2) is 41.0 Å². The molecule has 0 aliphatic rings. The van der Waals surface area contributed by atoms with Crippen LogP contribution in [0.1, 0.15) is 22.9 Å². The van der Waals surface area contributed by atoms with Gasteiger partial charge in [-0.25, -0.2) is 0 Å². The Morgan fingerprint density at radius 3 is 2.50 bits per heavy atom. The van der Waals surface area contributed by atoms with E-state index in [0.29, 0.717) is 10.2 Å². The molecule has 18 heavy (non-hydrogen) atoms. The molecule has 6 heteroatoms. The first-order valence-electron chi connectivity index (χ1n) is 5.07. The third kappa shape index (κ3) is 2.59. The molecule has 1 aromatic heterocycles. The number of hydrogen-bond donors (Lipinski definition) is 2. The van der Waals surface area contributed by atoms with Gasteiger partial charge < -0.3 is 10.1 Å². The monoisotopic (exact) mass is 319 g/mol. The first kappa shape index (κ1) is 13.2. The van der Waals surface area contributed by atoms with E-state index in [1.807, 2.05) is 0 Å². The molecule has 1 heterocycles. The molecule has 2 aromatic rings. The number of alkyl halides is 3. The van der Waals surface area contributed by atoms with Crippen LogP contribution in [0, 0.1) is 0 Å². The summed E-state index contributed by atoms with van der Waals surface area (Å²) in [6, 6.07) is 6.84. The SMILES string of the molecule is OC(c1ccc[nH]1)c1ccc(Br)cc1C(F)(F)F. The lowest BCUT2D eigenvalue weighted by atomic mass is 10.00. The number of halogens is 4. The smallest absolute Gasteiger partial charge is 0.382 e. The second-order valence-corrected chi connectivity index (χ2v) is 4.67. The van der Waals surface area contributed by atoms with Crippen LogP contribution in [0.2, 0.25) is 0 Å². The van der Waals surface area contributed by atoms with Crippen LogP contribution in [0.3, 0.4) is 0 Å². The van der Waals surface area contributed by atoms with Gasteiger partial charge in [-0.15, -0.1) is 0 Å². The first-order chi connectivity index (χ1) is 8.39. The van der Waals surface area contributed by atoms with E-state index in [0.717, 1.165) is 6.07 Å². The van der Waals surface area contributed by atoms with Gasteiger partial charge in [-0.2, -0.15) is 13.2 Å². The Hall–Kier alpha value is -1.27. The topological polar surface area (TPSA) is 36.0 Å². The van der Waals surface area contributed by atoms with Crippen molar-refractivity contribution in [1.29, 1.82) is 0 Å². The molecule has 0 aliphatic heterocycles. The number of nitrogens with one attached hydrogen (secondary N) is 1. The average Bonchev–Trinajstić information content (AvgIpc) is 2.80. The normalized spacial score (nSPS) is 13.6. The quantitative estimate of drug-likeness (QED) is 0.866. The minimum atomic E-state index is -4.51. The second kappa shape index (κ2) is 4.78. The number of benzene rings is 1. The number of aliphatic hydroxyl groups excluding tert-OH is 1. The summed E-state index contributed by atoms with van der Waals surface area (Å²) in [5.41, 5.74) is -0.699. The van der Waals surface area contributed by atoms with Gasteiger partial charge in [-0.1, -0.05) is 22.0 Å². The summed E-state index contributed by atoms with van der Waals surface area (Å²) in [5, 5.41) is 9.97. The van der Waals surface area contributed by atoms with Gasteiger partial charge in [0.1, 0.15) is 6.10 Å². The van der Waals surface area contributed by atoms with Gasteiger partial charge in [-0.05, 0) is 29.8 Å². The van der Waals surface area contributed by atoms with Crippen molar-refractivity contribution in [3.63, 3.8) is 0 Å². The number of hydrogen-bond acceptors (Lipinski definition) is 1. The van der Waals surface area contributed by atoms with Crippen LogP contribution in [-0.4, -0.2) is 10.1 Å². The van der Waals surface area contributed by atoms with Crippen molar-refractivity contribution in [3.8, 4) is 0 Å². The van der Waals surface area contributed by atoms with Gasteiger partial charge in [0, 0.05) is 16.4 Å². The van der Waals surface area contributed by atoms with E-state index < -0.39 is 17.8 Å². The summed E-state index contributed by atoms with van der Waals surface area (Å²) in [4.78, 5) is 2.70. The third-order valence-corrected chi connectivity index (χ3v) is 3.03. The third-order valence-electron chi connectivity index (χ3n) is 2.53. The van der Waals surface area contributed by atoms with E-state index in [9.17, 15) is 18.3 Å². The van der Waals surface area contributed by atoms with Crippen molar-refractivity contribution >= 4 is 15.9 Å². The van der Waals surface area contributed by atoms with Gasteiger partial charge in [0.2, 0.25) is 0 Å². The van der Waals surface area contributed by atoms with Crippen LogP contribution in [0.5, 0.6) is 0 Å². The van der Waals surface area contributed by atoms with Crippen LogP contribution in [0.25, 0.3) is 0 Å². The van der Waals surface area contributed by atoms with E-state index in [4.69, 9.17) is 0 Å². The Balaban J connectivity index is 2.51. The molecule has 0 amide bonds. The summed E-state index contributed by atoms with van der Waals surface area (Å²) in [5.74, 6) is 0. The van der Waals surface area contributed by atoms with E-state index in [1.165, 1.54) is 18.2 Å². The first-order valence-corrected chi connectivity index (χ1v) is 5.87. The second-order valence-electron chi connectivity index (χ2n) is 3.76. The largest absolute Gasteiger partial charge is 0.416 e. The van der Waals surface area contributed by atoms with Crippen molar-refractivity contribution in [2.24, 2.45) is 0 Å². The molecule has 0 spiro atoms. The highest BCUT2D eigenvalue weighted by Gasteiger charge is 2.35. The minimum Gasteiger partial charge on any atom is -0.382 e. The van der Waals surface area contributed by atoms with Crippen molar-refractivity contribution in [2.45, 2.75) is 12.3 Å². The molecule has 0 bridgehead atoms. The summed E-state index contributed by atoms with van der Waals surface area (Å²) < 4.78 is 39.0. The van der Waals surface area contributed by atoms with Crippen LogP contribution in [-0.2, 0) is 6.18 Å². The molecule has 96 valence electrons. The number of aromatic nitrogens is 1. The lowest BCUT2D eigenvalue weighted by molar-refractivity contribution is -0.139. The van der Waals surface area contributed by atoms with Crippen molar-refractivity contribution in [1.82, 2.24) is 4.98 Å². The van der Waals surface area contributed by atoms with Gasteiger partial charge in [0.05, 0.1) is 5.56 Å². The Morgan fingerprint density at radius 1 is 1.22 bits per heavy atom. The molecule has 2 nitrogen and oxygen atoms in total. The van der Waals surface area contributed by atoms with Crippen molar-refractivity contribution in [2.75, 3.05) is 0 Å². The molecule has 0 aliphatic carbocycles. The summed E-state index contributed by atoms with van der Waals surface area (Å²) in [7, 11) is 0. The number of rotatable bonds is 2. The molecule has 0 fully saturated rings. The minimum absolute atomic E-state index is 0.173. The van der Waals surface area contributed by atoms with Crippen LogP contribution >= 0.6 is 15.9 Å². The summed E-state index contributed by atoms with van der Waals surface area (Å²) in [6.07, 6.45) is -4.29. The Kier molecular flexibility index (Phi) is 3.49. The van der Waals surface area contributed by atoms with E-state index in [2.05, 4.69) is 20.9 Å². The van der Waals surface area contributed by atoms with E-state index in [1.54, 1.807) is 12.3 Å². The average molecular weight is 320 g/mol. The molecular formula is C12H9BrF3NO. The standard InChI is InChI=1S/C12H9BrF3NO/c13-7-3-4-8(9(6-7)12(14,15)16)11(18)10-2-1-5-17-10/h1-6,11,17-18H. The van der Waals surface area contributed by atoms with E-state index >= 15 is 0 Å². The molecular weight excluding hydrogens is 311 g/mol. The highest BCUT2D eigenvalue weighted by molar-refractivity contribution is 9.10. The molecule has 0 radical (unpaired) electrons. The van der Waals surface area contributed by atoms with Gasteiger partial charge >= 0.3 is 6.18 Å². The predicted octanol–water partition coefficient (Wildman–Crippen LogP) is 3.88. The molecule has 2 rings (SSSR count). The molecule has 1 unspecified atom stereocenters. The van der Waals surface area contributed by atoms with Gasteiger partial charge in [0.25, 0.3) is 0 Å². The number of H-pyrrole nitrogens is 1. The maximum Gasteiger partial charge on any atom is 0.416 e. The maximum atomic E-state index is 12.9. The van der Waals surface area contributed by atoms with Crippen LogP contribution < -0.4 is 0 Å². The van der Waals surface area contributed by atoms with Gasteiger partial charge in [0.15, 0.2) is 0 Å². The lowest BCUT2D eigenvalue weighted by Gasteiger charge is -2.17. The van der Waals surface area contributed by atoms with Gasteiger partial charge in [-0.3, -0.25) is 0 Å². The van der Waals surface area contributed by atoms with E-state index in [-0.39, 0.29) is 5.56 Å². The fourth-order valence-electron chi connectivity index (χ4n) is 1.69. The highest BCUT2D eigenvalue weighted by atomic mass is 79.9. The molecule has 1 atom stereocenters. The predicted molar refractivity (Wildman–Crippen MR) is 64.0 cm³/mol. The summed E-state index contributed by atoms with van der Waals surface area (Å²) in [6.45, 7) is 0. The Bertz CT molecular complexity index is 537. The zero-order chi connectivity index (χ0) is 13.3. The number of aromatic amines is 1. The molecule has 1 aromatic carbocycles. The van der Waals surface area contributed by atoms with Crippen molar-refractivity contribution < 1.29 is 18.3 Å². The maximum absolute atomic E-state index is 12.9. The Labute approximate surface area is 110 Å². The molecule has 0 saturated heterocycles. The molecule has 0 saturated carbocycles. The molecule has 2 N–H and O–H groups in total. The Morgan fingerprint density at radius 2 is 1.94 bits per heavy atom. The fourth-order valence-corrected chi connectivity index (χ4v) is 2.06. The fraction of sp³-hybridized carbons (Fsp3) is 0.167. The van der Waals surface area contributed by atoms with Crippen LogP contribution in [0.4, 0.5) is 13.2 Å². The van der Waals surface area contributed by atoms with Crippen molar-refractivity contribution in [3.05, 3.63) is 57.8 Å². The number of aliphatic hydroxyl groups is 1. The summed E-state index contributed by atoms with van der Waals surface area (Å²) >= 11 is 3.00. The zero-order valence-corrected chi connectivity index (χ0v) is 10.6. The zero-order valence-electron chi connectivity index (χ0n) is 9.00. The lowest BCUT2D eigenvalue weighted by Crippen LogP contribution is -2.13. The highest BCUT2D eigenvalue weighted by Crippen LogP contribution is 2.37.